The molecule has 0 spiro atoms. The summed E-state index contributed by atoms with van der Waals surface area (Å²) in [5, 5.41) is -1.36. The van der Waals surface area contributed by atoms with Crippen LogP contribution in [0.3, 0.4) is 0 Å². The van der Waals surface area contributed by atoms with Crippen LogP contribution in [0.1, 0.15) is 47.0 Å². The molecule has 0 aromatic heterocycles. The number of esters is 3. The minimum atomic E-state index is -4.41. The molecule has 1 atom stereocenters. The molecule has 1 unspecified atom stereocenters. The summed E-state index contributed by atoms with van der Waals surface area (Å²) in [6.45, 7) is 11.3. The van der Waals surface area contributed by atoms with Crippen molar-refractivity contribution < 1.29 is 41.6 Å². The molecular formula is C19H31NaO9S. The van der Waals surface area contributed by atoms with Crippen molar-refractivity contribution in [1.82, 2.24) is 0 Å². The summed E-state index contributed by atoms with van der Waals surface area (Å²) in [5.74, 6) is -2.39. The average Bonchev–Trinajstić information content (AvgIpc) is 2.63. The zero-order valence-corrected chi connectivity index (χ0v) is 18.2. The number of rotatable bonds is 13. The van der Waals surface area contributed by atoms with Gasteiger partial charge in [0.2, 0.25) is 0 Å². The molecule has 0 amide bonds. The number of carbonyl (C=O) groups excluding carboxylic acids is 3. The first-order valence-corrected chi connectivity index (χ1v) is 10.6. The Bertz CT molecular complexity index is 713. The van der Waals surface area contributed by atoms with E-state index in [1.807, 2.05) is 6.92 Å². The van der Waals surface area contributed by atoms with E-state index < -0.39 is 58.5 Å². The molecule has 9 nitrogen and oxygen atoms in total. The fourth-order valence-electron chi connectivity index (χ4n) is 2.01. The van der Waals surface area contributed by atoms with Crippen LogP contribution in [0.25, 0.3) is 0 Å². The Hall–Kier alpha value is -1.20. The maximum absolute atomic E-state index is 12.8. The van der Waals surface area contributed by atoms with Gasteiger partial charge in [0, 0.05) is 11.1 Å². The van der Waals surface area contributed by atoms with Gasteiger partial charge in [-0.25, -0.2) is 9.59 Å². The first kappa shape index (κ1) is 31.0. The van der Waals surface area contributed by atoms with Gasteiger partial charge in [-0.1, -0.05) is 32.9 Å². The standard InChI is InChI=1S/C19H30O9S.Na.H/c1-7-8-9-19(11-27-16(20)13(2)3,12-28-17(21)14(4)5)18(22)26-10-15(6)29(23,24)25;;/h15H,2,4,7-12H2,1,3,5-6H3,(H,23,24,25);;. The molecule has 0 aliphatic rings. The van der Waals surface area contributed by atoms with Gasteiger partial charge in [0.05, 0.1) is 0 Å². The predicted octanol–water partition coefficient (Wildman–Crippen LogP) is 1.57. The van der Waals surface area contributed by atoms with Gasteiger partial charge in [-0.3, -0.25) is 9.35 Å². The van der Waals surface area contributed by atoms with E-state index in [-0.39, 0.29) is 47.1 Å². The van der Waals surface area contributed by atoms with Gasteiger partial charge in [0.15, 0.2) is 0 Å². The van der Waals surface area contributed by atoms with Crippen LogP contribution in [0.2, 0.25) is 0 Å². The van der Waals surface area contributed by atoms with Crippen LogP contribution in [-0.2, 0) is 38.7 Å². The molecule has 0 fully saturated rings. The van der Waals surface area contributed by atoms with Crippen molar-refractivity contribution in [3.63, 3.8) is 0 Å². The minimum absolute atomic E-state index is 0. The second kappa shape index (κ2) is 14.0. The normalized spacial score (nSPS) is 12.2. The van der Waals surface area contributed by atoms with Gasteiger partial charge < -0.3 is 14.2 Å². The van der Waals surface area contributed by atoms with Crippen LogP contribution >= 0.6 is 0 Å². The van der Waals surface area contributed by atoms with Crippen molar-refractivity contribution in [3.8, 4) is 0 Å². The Labute approximate surface area is 200 Å². The monoisotopic (exact) mass is 458 g/mol. The quantitative estimate of drug-likeness (QED) is 0.143. The summed E-state index contributed by atoms with van der Waals surface area (Å²) in [5.41, 5.74) is -1.33. The van der Waals surface area contributed by atoms with Crippen LogP contribution < -0.4 is 0 Å². The number of hydrogen-bond acceptors (Lipinski definition) is 8. The van der Waals surface area contributed by atoms with Gasteiger partial charge >= 0.3 is 47.5 Å². The van der Waals surface area contributed by atoms with Crippen LogP contribution in [0.5, 0.6) is 0 Å². The number of ether oxygens (including phenoxy) is 3. The fourth-order valence-corrected chi connectivity index (χ4v) is 2.25. The van der Waals surface area contributed by atoms with E-state index in [4.69, 9.17) is 18.8 Å². The van der Waals surface area contributed by atoms with Crippen LogP contribution in [0.15, 0.2) is 24.3 Å². The molecule has 0 saturated heterocycles. The molecule has 0 radical (unpaired) electrons. The third-order valence-electron chi connectivity index (χ3n) is 4.06. The second-order valence-electron chi connectivity index (χ2n) is 7.02. The van der Waals surface area contributed by atoms with Crippen LogP contribution in [0.4, 0.5) is 0 Å². The van der Waals surface area contributed by atoms with Crippen molar-refractivity contribution >= 4 is 57.6 Å². The van der Waals surface area contributed by atoms with Crippen LogP contribution in [-0.4, -0.2) is 85.5 Å². The average molecular weight is 459 g/mol. The summed E-state index contributed by atoms with van der Waals surface area (Å²) in [6, 6.07) is 0. The zero-order valence-electron chi connectivity index (χ0n) is 17.4. The molecule has 0 aliphatic carbocycles. The first-order chi connectivity index (χ1) is 13.3. The number of unbranched alkanes of at least 4 members (excludes halogenated alkanes) is 1. The van der Waals surface area contributed by atoms with E-state index >= 15 is 0 Å². The van der Waals surface area contributed by atoms with Gasteiger partial charge in [0.1, 0.15) is 30.5 Å². The molecule has 30 heavy (non-hydrogen) atoms. The van der Waals surface area contributed by atoms with Crippen molar-refractivity contribution in [2.45, 2.75) is 52.2 Å². The molecule has 168 valence electrons. The Morgan fingerprint density at radius 2 is 1.43 bits per heavy atom. The van der Waals surface area contributed by atoms with Gasteiger partial charge in [-0.05, 0) is 27.2 Å². The summed E-state index contributed by atoms with van der Waals surface area (Å²) < 4.78 is 46.7. The first-order valence-electron chi connectivity index (χ1n) is 9.05. The predicted molar refractivity (Wildman–Crippen MR) is 113 cm³/mol. The molecule has 0 saturated carbocycles. The Morgan fingerprint density at radius 3 is 1.77 bits per heavy atom. The van der Waals surface area contributed by atoms with E-state index in [2.05, 4.69) is 13.2 Å². The van der Waals surface area contributed by atoms with Crippen molar-refractivity contribution in [1.29, 1.82) is 0 Å². The summed E-state index contributed by atoms with van der Waals surface area (Å²) in [6.07, 6.45) is 1.34. The van der Waals surface area contributed by atoms with Crippen molar-refractivity contribution in [2.75, 3.05) is 19.8 Å². The molecular weight excluding hydrogens is 427 g/mol. The van der Waals surface area contributed by atoms with Crippen LogP contribution in [0, 0.1) is 5.41 Å². The SMILES string of the molecule is C=C(C)C(=O)OCC(CCCC)(COC(=O)C(=C)C)C(=O)OCC(C)S(=O)(=O)O.[NaH]. The van der Waals surface area contributed by atoms with E-state index in [1.54, 1.807) is 0 Å². The topological polar surface area (TPSA) is 133 Å². The van der Waals surface area contributed by atoms with E-state index in [9.17, 15) is 22.8 Å². The molecule has 1 N–H and O–H groups in total. The van der Waals surface area contributed by atoms with Gasteiger partial charge in [-0.15, -0.1) is 0 Å². The molecule has 0 aliphatic heterocycles. The number of hydrogen-bond donors (Lipinski definition) is 1. The molecule has 11 heteroatoms. The Kier molecular flexibility index (Phi) is 14.4. The third kappa shape index (κ3) is 10.7. The number of carbonyl (C=O) groups is 3. The molecule has 0 aromatic rings. The Balaban J connectivity index is 0. The fraction of sp³-hybridized carbons (Fsp3) is 0.632. The Morgan fingerprint density at radius 1 is 1.00 bits per heavy atom. The maximum atomic E-state index is 12.8. The van der Waals surface area contributed by atoms with Gasteiger partial charge in [-0.2, -0.15) is 8.42 Å². The summed E-state index contributed by atoms with van der Waals surface area (Å²) >= 11 is 0. The van der Waals surface area contributed by atoms with Gasteiger partial charge in [0.25, 0.3) is 10.1 Å². The summed E-state index contributed by atoms with van der Waals surface area (Å²) in [7, 11) is -4.41. The summed E-state index contributed by atoms with van der Waals surface area (Å²) in [4.78, 5) is 36.5. The van der Waals surface area contributed by atoms with E-state index in [0.717, 1.165) is 0 Å². The van der Waals surface area contributed by atoms with Crippen molar-refractivity contribution in [2.24, 2.45) is 5.41 Å². The molecule has 0 aromatic carbocycles. The van der Waals surface area contributed by atoms with E-state index in [1.165, 1.54) is 20.8 Å². The second-order valence-corrected chi connectivity index (χ2v) is 8.86. The molecule has 0 bridgehead atoms. The van der Waals surface area contributed by atoms with E-state index in [0.29, 0.717) is 12.8 Å². The third-order valence-corrected chi connectivity index (χ3v) is 5.21. The van der Waals surface area contributed by atoms with Crippen molar-refractivity contribution in [3.05, 3.63) is 24.3 Å². The molecule has 0 heterocycles. The zero-order chi connectivity index (χ0) is 22.8. The molecule has 0 rings (SSSR count).